The lowest BCUT2D eigenvalue weighted by molar-refractivity contribution is -0.678. The molecule has 3 aliphatic carbocycles. The molecule has 14 heteroatoms. The van der Waals surface area contributed by atoms with Gasteiger partial charge in [-0.3, -0.25) is 19.2 Å². The van der Waals surface area contributed by atoms with Crippen molar-refractivity contribution in [3.05, 3.63) is 93.8 Å². The SMILES string of the molecule is CC(=O)O[C@H]1C(=O)[C@]2(C)[C@@H](Oc3cccc[n+]3C)C[C@H]3OC[C@@]3(OC(C)=O)[C@H]2[C@H](OC(=O)c2ccsc2)[C@]2(O)C[C@H](OC(=O)C[C@@H](C)c3ccccc3)C(C)=C1C2(C)C. The van der Waals surface area contributed by atoms with Crippen molar-refractivity contribution in [3.63, 3.8) is 0 Å². The molecule has 59 heavy (non-hydrogen) atoms. The number of hydrogen-bond donors (Lipinski definition) is 1. The van der Waals surface area contributed by atoms with E-state index in [0.717, 1.165) is 5.56 Å². The van der Waals surface area contributed by atoms with E-state index in [9.17, 15) is 24.3 Å². The number of aryl methyl sites for hydroxylation is 1. The number of Topliss-reactive ketones (excluding diaryl/α,β-unsaturated/α-hetero) is 1. The number of ether oxygens (including phenoxy) is 6. The summed E-state index contributed by atoms with van der Waals surface area (Å²) in [6.07, 6.45) is -4.84. The van der Waals surface area contributed by atoms with E-state index in [1.165, 1.54) is 25.2 Å². The van der Waals surface area contributed by atoms with Crippen molar-refractivity contribution in [2.45, 2.75) is 115 Å². The molecular weight excluding hydrogens is 779 g/mol. The lowest BCUT2D eigenvalue weighted by Gasteiger charge is -2.67. The number of benzene rings is 1. The zero-order chi connectivity index (χ0) is 42.7. The average molecular weight is 831 g/mol. The average Bonchev–Trinajstić information content (AvgIpc) is 3.72. The Morgan fingerprint density at radius 2 is 1.69 bits per heavy atom. The maximum absolute atomic E-state index is 16.0. The summed E-state index contributed by atoms with van der Waals surface area (Å²) in [4.78, 5) is 70.5. The van der Waals surface area contributed by atoms with Crippen LogP contribution in [0.5, 0.6) is 5.88 Å². The second-order valence-corrected chi connectivity index (χ2v) is 17.9. The monoisotopic (exact) mass is 830 g/mol. The van der Waals surface area contributed by atoms with Crippen molar-refractivity contribution in [2.24, 2.45) is 23.8 Å². The molecule has 13 nitrogen and oxygen atoms in total. The predicted octanol–water partition coefficient (Wildman–Crippen LogP) is 5.37. The van der Waals surface area contributed by atoms with Crippen LogP contribution in [-0.4, -0.2) is 83.1 Å². The van der Waals surface area contributed by atoms with Gasteiger partial charge in [0.1, 0.15) is 37.1 Å². The minimum absolute atomic E-state index is 0.000958. The molecule has 7 rings (SSSR count). The summed E-state index contributed by atoms with van der Waals surface area (Å²) in [5.74, 6) is -4.66. The van der Waals surface area contributed by atoms with Gasteiger partial charge in [0.2, 0.25) is 0 Å². The van der Waals surface area contributed by atoms with E-state index in [4.69, 9.17) is 28.4 Å². The van der Waals surface area contributed by atoms with Crippen molar-refractivity contribution in [1.29, 1.82) is 0 Å². The summed E-state index contributed by atoms with van der Waals surface area (Å²) in [6, 6.07) is 16.4. The molecule has 1 saturated heterocycles. The molecule has 0 spiro atoms. The summed E-state index contributed by atoms with van der Waals surface area (Å²) >= 11 is 1.27. The summed E-state index contributed by atoms with van der Waals surface area (Å²) in [7, 11) is 1.78. The largest absolute Gasteiger partial charge is 0.458 e. The van der Waals surface area contributed by atoms with Gasteiger partial charge in [0.25, 0.3) is 0 Å². The minimum atomic E-state index is -2.18. The molecule has 3 heterocycles. The smallest absolute Gasteiger partial charge is 0.367 e. The molecule has 1 aromatic carbocycles. The number of aromatic nitrogens is 1. The molecule has 2 bridgehead atoms. The lowest BCUT2D eigenvalue weighted by Crippen LogP contribution is -2.82. The molecule has 2 saturated carbocycles. The van der Waals surface area contributed by atoms with Gasteiger partial charge in [-0.2, -0.15) is 15.9 Å². The summed E-state index contributed by atoms with van der Waals surface area (Å²) in [5, 5.41) is 17.1. The first-order valence-electron chi connectivity index (χ1n) is 19.9. The minimum Gasteiger partial charge on any atom is -0.458 e. The van der Waals surface area contributed by atoms with Gasteiger partial charge in [-0.25, -0.2) is 4.79 Å². The van der Waals surface area contributed by atoms with E-state index in [1.807, 2.05) is 43.3 Å². The quantitative estimate of drug-likeness (QED) is 0.120. The van der Waals surface area contributed by atoms with Crippen molar-refractivity contribution in [3.8, 4) is 5.88 Å². The fraction of sp³-hybridized carbons (Fsp3) is 0.511. The number of carbonyl (C=O) groups is 5. The maximum Gasteiger partial charge on any atom is 0.367 e. The fourth-order valence-electron chi connectivity index (χ4n) is 10.1. The zero-order valence-corrected chi connectivity index (χ0v) is 35.4. The molecular formula is C45H52NO12S+. The number of rotatable bonds is 10. The van der Waals surface area contributed by atoms with Crippen molar-refractivity contribution in [2.75, 3.05) is 6.61 Å². The summed E-state index contributed by atoms with van der Waals surface area (Å²) < 4.78 is 39.8. The Labute approximate surface area is 347 Å². The van der Waals surface area contributed by atoms with E-state index >= 15 is 4.79 Å². The fourth-order valence-corrected chi connectivity index (χ4v) is 10.7. The van der Waals surface area contributed by atoms with Gasteiger partial charge in [-0.05, 0) is 54.0 Å². The van der Waals surface area contributed by atoms with Crippen LogP contribution >= 0.6 is 11.3 Å². The van der Waals surface area contributed by atoms with Crippen LogP contribution in [0.1, 0.15) is 89.6 Å². The first-order chi connectivity index (χ1) is 27.8. The van der Waals surface area contributed by atoms with Crippen molar-refractivity contribution < 1.29 is 62.1 Å². The molecule has 3 aromatic rings. The van der Waals surface area contributed by atoms with Gasteiger partial charge in [0, 0.05) is 43.6 Å². The molecule has 1 aliphatic heterocycles. The lowest BCUT2D eigenvalue weighted by atomic mass is 9.44. The predicted molar refractivity (Wildman–Crippen MR) is 212 cm³/mol. The second-order valence-electron chi connectivity index (χ2n) is 17.1. The highest BCUT2D eigenvalue weighted by Gasteiger charge is 2.79. The van der Waals surface area contributed by atoms with Crippen LogP contribution in [0, 0.1) is 16.7 Å². The third kappa shape index (κ3) is 7.06. The highest BCUT2D eigenvalue weighted by atomic mass is 32.1. The second kappa shape index (κ2) is 15.6. The first kappa shape index (κ1) is 42.2. The summed E-state index contributed by atoms with van der Waals surface area (Å²) in [5.41, 5.74) is -5.39. The zero-order valence-electron chi connectivity index (χ0n) is 34.6. The van der Waals surface area contributed by atoms with Gasteiger partial charge in [-0.15, -0.1) is 0 Å². The Hall–Kier alpha value is -4.92. The van der Waals surface area contributed by atoms with Crippen LogP contribution in [0.15, 0.2) is 82.7 Å². The number of fused-ring (bicyclic) bond motifs is 5. The van der Waals surface area contributed by atoms with Gasteiger partial charge in [0.05, 0.1) is 36.0 Å². The van der Waals surface area contributed by atoms with Gasteiger partial charge in [0.15, 0.2) is 23.7 Å². The van der Waals surface area contributed by atoms with Gasteiger partial charge >= 0.3 is 29.8 Å². The highest BCUT2D eigenvalue weighted by Crippen LogP contribution is 2.65. The Morgan fingerprint density at radius 3 is 2.31 bits per heavy atom. The van der Waals surface area contributed by atoms with E-state index in [2.05, 4.69) is 0 Å². The van der Waals surface area contributed by atoms with Crippen LogP contribution in [0.2, 0.25) is 0 Å². The van der Waals surface area contributed by atoms with E-state index < -0.39 is 88.1 Å². The van der Waals surface area contributed by atoms with Crippen LogP contribution in [-0.2, 0) is 49.9 Å². The number of aliphatic hydroxyl groups is 1. The van der Waals surface area contributed by atoms with E-state index in [-0.39, 0.29) is 42.9 Å². The van der Waals surface area contributed by atoms with Gasteiger partial charge < -0.3 is 33.5 Å². The van der Waals surface area contributed by atoms with Gasteiger partial charge in [-0.1, -0.05) is 51.1 Å². The molecule has 2 aromatic heterocycles. The third-order valence-corrected chi connectivity index (χ3v) is 14.0. The van der Waals surface area contributed by atoms with Crippen LogP contribution in [0.25, 0.3) is 0 Å². The molecule has 0 amide bonds. The Bertz CT molecular complexity index is 2170. The number of nitrogens with zero attached hydrogens (tertiary/aromatic N) is 1. The number of hydrogen-bond acceptors (Lipinski definition) is 13. The maximum atomic E-state index is 16.0. The van der Waals surface area contributed by atoms with Crippen molar-refractivity contribution >= 4 is 41.0 Å². The summed E-state index contributed by atoms with van der Waals surface area (Å²) in [6.45, 7) is 10.8. The number of pyridine rings is 1. The normalized spacial score (nSPS) is 32.5. The molecule has 4 aliphatic rings. The number of thiophene rings is 1. The van der Waals surface area contributed by atoms with Crippen LogP contribution < -0.4 is 9.30 Å². The van der Waals surface area contributed by atoms with Crippen LogP contribution in [0.4, 0.5) is 0 Å². The highest BCUT2D eigenvalue weighted by molar-refractivity contribution is 7.08. The Kier molecular flexibility index (Phi) is 11.2. The molecule has 0 radical (unpaired) electrons. The Morgan fingerprint density at radius 1 is 0.983 bits per heavy atom. The van der Waals surface area contributed by atoms with E-state index in [1.54, 1.807) is 74.5 Å². The van der Waals surface area contributed by atoms with Crippen molar-refractivity contribution in [1.82, 2.24) is 0 Å². The third-order valence-electron chi connectivity index (χ3n) is 13.3. The van der Waals surface area contributed by atoms with Crippen LogP contribution in [0.3, 0.4) is 0 Å². The number of ketones is 1. The molecule has 10 atom stereocenters. The molecule has 314 valence electrons. The Balaban J connectivity index is 1.46. The molecule has 0 unspecified atom stereocenters. The topological polar surface area (TPSA) is 165 Å². The standard InChI is InChI=1S/C45H52NO12S/c1-25(29-14-10-9-11-15-29)20-35(49)55-31-22-45(52)40(57-41(51)30-17-19-59-23-30)38-43(7,39(50)37(54-27(3)47)36(26(31)2)42(45,5)6)32(56-34-16-12-13-18-46(34)8)21-33-44(38,24-53-33)58-28(4)48/h9-19,23,25,31-33,37-38,40,52H,20-22,24H2,1-8H3/q+1/t25-,31+,32+,33-,37-,38+,40+,43-,44+,45-/m1/s1. The molecule has 1 N–H and O–H groups in total. The van der Waals surface area contributed by atoms with E-state index in [0.29, 0.717) is 11.5 Å². The molecule has 3 fully saturated rings. The number of carbonyl (C=O) groups excluding carboxylic acids is 5. The number of esters is 4. The first-order valence-corrected chi connectivity index (χ1v) is 20.8.